The molecule has 0 aliphatic rings. The van der Waals surface area contributed by atoms with Gasteiger partial charge in [0, 0.05) is 22.4 Å². The molecule has 0 saturated heterocycles. The first-order chi connectivity index (χ1) is 0. The van der Waals surface area contributed by atoms with Crippen LogP contribution in [0.4, 0.5) is 0 Å². The average Bonchev–Trinajstić information content (AvgIpc) is 0. The Bertz CT molecular complexity index is 3.61. The van der Waals surface area contributed by atoms with Crippen LogP contribution in [0.5, 0.6) is 0 Å². The number of rotatable bonds is 0. The van der Waals surface area contributed by atoms with Crippen LogP contribution >= 0.6 is 0 Å². The minimum Gasteiger partial charge on any atom is -0.412 e. The van der Waals surface area contributed by atoms with Gasteiger partial charge < -0.3 is 21.9 Å². The molecule has 5 heteroatoms. The van der Waals surface area contributed by atoms with Gasteiger partial charge in [0.25, 0.3) is 0 Å². The third-order valence-electron chi connectivity index (χ3n) is 0. The summed E-state index contributed by atoms with van der Waals surface area (Å²) in [7, 11) is 0. The molecule has 0 saturated carbocycles. The van der Waals surface area contributed by atoms with Gasteiger partial charge in [-0.2, -0.15) is 0 Å². The van der Waals surface area contributed by atoms with Gasteiger partial charge >= 0.3 is 0 Å². The van der Waals surface area contributed by atoms with Crippen molar-refractivity contribution in [2.45, 2.75) is 0 Å². The molecular weight excluding hydrogens is 245 g/mol. The van der Waals surface area contributed by atoms with Crippen molar-refractivity contribution >= 4 is 0 Å². The SMILES string of the molecule is O.O.O.O.[Ta]. The van der Waals surface area contributed by atoms with Gasteiger partial charge in [-0.15, -0.1) is 0 Å². The summed E-state index contributed by atoms with van der Waals surface area (Å²) in [5, 5.41) is 0. The molecule has 0 aliphatic carbocycles. The molecule has 0 unspecified atom stereocenters. The quantitative estimate of drug-likeness (QED) is 0.428. The van der Waals surface area contributed by atoms with E-state index in [0.29, 0.717) is 0 Å². The Kier molecular flexibility index (Phi) is 12100. The van der Waals surface area contributed by atoms with Crippen molar-refractivity contribution in [3.05, 3.63) is 0 Å². The van der Waals surface area contributed by atoms with Crippen molar-refractivity contribution in [1.82, 2.24) is 0 Å². The second kappa shape index (κ2) is 174. The second-order valence-corrected chi connectivity index (χ2v) is 0. The van der Waals surface area contributed by atoms with E-state index in [4.69, 9.17) is 0 Å². The summed E-state index contributed by atoms with van der Waals surface area (Å²) >= 11 is 0. The zero-order valence-electron chi connectivity index (χ0n) is 2.45. The average molecular weight is 253 g/mol. The molecule has 0 amide bonds. The monoisotopic (exact) mass is 253 g/mol. The fourth-order valence-corrected chi connectivity index (χ4v) is 0. The molecule has 0 fully saturated rings. The van der Waals surface area contributed by atoms with E-state index in [1.807, 2.05) is 0 Å². The van der Waals surface area contributed by atoms with E-state index in [1.54, 1.807) is 0 Å². The van der Waals surface area contributed by atoms with Crippen LogP contribution in [-0.4, -0.2) is 21.9 Å². The van der Waals surface area contributed by atoms with Crippen molar-refractivity contribution < 1.29 is 44.3 Å². The molecule has 0 heterocycles. The zero-order valence-corrected chi connectivity index (χ0v) is 5.66. The number of hydrogen-bond acceptors (Lipinski definition) is 0. The van der Waals surface area contributed by atoms with Gasteiger partial charge in [-0.25, -0.2) is 0 Å². The fourth-order valence-electron chi connectivity index (χ4n) is 0. The van der Waals surface area contributed by atoms with Gasteiger partial charge in [-0.3, -0.25) is 0 Å². The second-order valence-electron chi connectivity index (χ2n) is 0. The van der Waals surface area contributed by atoms with Crippen LogP contribution in [-0.2, 0) is 22.4 Å². The van der Waals surface area contributed by atoms with E-state index in [1.165, 1.54) is 0 Å². The summed E-state index contributed by atoms with van der Waals surface area (Å²) < 4.78 is 0. The minimum atomic E-state index is 0. The maximum atomic E-state index is 0. The molecule has 1 radical (unpaired) electrons. The van der Waals surface area contributed by atoms with Crippen LogP contribution in [0.25, 0.3) is 0 Å². The summed E-state index contributed by atoms with van der Waals surface area (Å²) in [5.41, 5.74) is 0. The Balaban J connectivity index is 0. The van der Waals surface area contributed by atoms with Gasteiger partial charge in [0.05, 0.1) is 0 Å². The molecule has 8 N–H and O–H groups in total. The summed E-state index contributed by atoms with van der Waals surface area (Å²) in [6.07, 6.45) is 0. The standard InChI is InChI=1S/4H2O.Ta/h4*1H2;. The summed E-state index contributed by atoms with van der Waals surface area (Å²) in [4.78, 5) is 0. The number of hydrogen-bond donors (Lipinski definition) is 0. The summed E-state index contributed by atoms with van der Waals surface area (Å²) in [6.45, 7) is 0. The molecule has 0 aromatic heterocycles. The van der Waals surface area contributed by atoms with Gasteiger partial charge in [0.2, 0.25) is 0 Å². The Morgan fingerprint density at radius 3 is 0.400 bits per heavy atom. The van der Waals surface area contributed by atoms with Crippen LogP contribution in [0.1, 0.15) is 0 Å². The van der Waals surface area contributed by atoms with Gasteiger partial charge in [-0.05, 0) is 0 Å². The first-order valence-electron chi connectivity index (χ1n) is 0. The largest absolute Gasteiger partial charge is 0.412 e. The van der Waals surface area contributed by atoms with Crippen LogP contribution in [0.2, 0.25) is 0 Å². The molecule has 5 heavy (non-hydrogen) atoms. The maximum absolute atomic E-state index is 0. The molecule has 0 atom stereocenters. The van der Waals surface area contributed by atoms with Crippen LogP contribution in [0.15, 0.2) is 0 Å². The Labute approximate surface area is 44.9 Å². The Hall–Kier alpha value is 0.580. The fraction of sp³-hybridized carbons (Fsp3) is 0. The smallest absolute Gasteiger partial charge is 0 e. The van der Waals surface area contributed by atoms with E-state index in [-0.39, 0.29) is 44.3 Å². The molecule has 0 aromatic rings. The Morgan fingerprint density at radius 1 is 0.400 bits per heavy atom. The molecule has 0 aliphatic heterocycles. The van der Waals surface area contributed by atoms with E-state index in [0.717, 1.165) is 0 Å². The predicted molar refractivity (Wildman–Crippen MR) is 14.5 cm³/mol. The predicted octanol–water partition coefficient (Wildman–Crippen LogP) is -3.30. The summed E-state index contributed by atoms with van der Waals surface area (Å²) in [6, 6.07) is 0. The van der Waals surface area contributed by atoms with E-state index >= 15 is 0 Å². The van der Waals surface area contributed by atoms with Crippen molar-refractivity contribution in [2.24, 2.45) is 0 Å². The van der Waals surface area contributed by atoms with Gasteiger partial charge in [-0.1, -0.05) is 0 Å². The molecule has 4 nitrogen and oxygen atoms in total. The summed E-state index contributed by atoms with van der Waals surface area (Å²) in [5.74, 6) is 0. The van der Waals surface area contributed by atoms with Gasteiger partial charge in [0.1, 0.15) is 0 Å². The van der Waals surface area contributed by atoms with Crippen molar-refractivity contribution in [3.63, 3.8) is 0 Å². The van der Waals surface area contributed by atoms with Crippen LogP contribution < -0.4 is 0 Å². The first kappa shape index (κ1) is 348. The van der Waals surface area contributed by atoms with Crippen molar-refractivity contribution in [2.75, 3.05) is 0 Å². The third-order valence-corrected chi connectivity index (χ3v) is 0. The molecular formula is H8O4Ta. The molecule has 0 bridgehead atoms. The van der Waals surface area contributed by atoms with Crippen LogP contribution in [0.3, 0.4) is 0 Å². The first-order valence-corrected chi connectivity index (χ1v) is 0. The van der Waals surface area contributed by atoms with Gasteiger partial charge in [0.15, 0.2) is 0 Å². The zero-order chi connectivity index (χ0) is 0. The van der Waals surface area contributed by atoms with E-state index in [9.17, 15) is 0 Å². The normalized spacial score (nSPS) is 0. The molecule has 0 aromatic carbocycles. The van der Waals surface area contributed by atoms with Crippen LogP contribution in [0, 0.1) is 0 Å². The van der Waals surface area contributed by atoms with E-state index in [2.05, 4.69) is 0 Å². The molecule has 0 spiro atoms. The van der Waals surface area contributed by atoms with E-state index < -0.39 is 0 Å². The third kappa shape index (κ3) is 90.6. The molecule has 37 valence electrons. The Morgan fingerprint density at radius 2 is 0.400 bits per heavy atom. The topological polar surface area (TPSA) is 126 Å². The van der Waals surface area contributed by atoms with Crippen molar-refractivity contribution in [3.8, 4) is 0 Å². The maximum Gasteiger partial charge on any atom is 0 e. The van der Waals surface area contributed by atoms with Crippen molar-refractivity contribution in [1.29, 1.82) is 0 Å². The molecule has 0 rings (SSSR count). The minimum absolute atomic E-state index is 0.